The minimum absolute atomic E-state index is 0. The fourth-order valence-corrected chi connectivity index (χ4v) is 2.46. The highest BCUT2D eigenvalue weighted by Crippen LogP contribution is 2.16. The van der Waals surface area contributed by atoms with Gasteiger partial charge in [0.05, 0.1) is 0 Å². The van der Waals surface area contributed by atoms with E-state index in [1.54, 1.807) is 0 Å². The van der Waals surface area contributed by atoms with Crippen LogP contribution in [-0.2, 0) is 11.2 Å². The molecule has 0 spiro atoms. The second kappa shape index (κ2) is 12.6. The Hall–Kier alpha value is -0.900. The van der Waals surface area contributed by atoms with Crippen LogP contribution in [0.25, 0.3) is 0 Å². The topological polar surface area (TPSA) is 32.7 Å². The summed E-state index contributed by atoms with van der Waals surface area (Å²) in [7, 11) is 0. The highest BCUT2D eigenvalue weighted by Gasteiger charge is 2.19. The van der Waals surface area contributed by atoms with Crippen molar-refractivity contribution in [1.82, 2.24) is 5.06 Å². The van der Waals surface area contributed by atoms with E-state index in [1.807, 2.05) is 13.8 Å². The van der Waals surface area contributed by atoms with Crippen molar-refractivity contribution < 1.29 is 9.94 Å². The van der Waals surface area contributed by atoms with E-state index in [0.717, 1.165) is 45.1 Å². The van der Waals surface area contributed by atoms with Crippen LogP contribution in [0.2, 0.25) is 0 Å². The Bertz CT molecular complexity index is 358. The van der Waals surface area contributed by atoms with Crippen LogP contribution in [0.3, 0.4) is 0 Å². The van der Waals surface area contributed by atoms with Crippen LogP contribution in [0.15, 0.2) is 24.3 Å². The molecule has 1 aliphatic rings. The third kappa shape index (κ3) is 7.92. The molecule has 0 amide bonds. The number of ether oxygens (including phenoxy) is 1. The zero-order valence-corrected chi connectivity index (χ0v) is 13.8. The van der Waals surface area contributed by atoms with Gasteiger partial charge in [-0.25, -0.2) is 0 Å². The van der Waals surface area contributed by atoms with Gasteiger partial charge in [-0.15, -0.1) is 0 Å². The first-order valence-electron chi connectivity index (χ1n) is 8.38. The lowest BCUT2D eigenvalue weighted by Gasteiger charge is -2.29. The first-order valence-corrected chi connectivity index (χ1v) is 8.38. The summed E-state index contributed by atoms with van der Waals surface area (Å²) in [5.74, 6) is 0. The molecule has 1 fully saturated rings. The van der Waals surface area contributed by atoms with E-state index < -0.39 is 0 Å². The van der Waals surface area contributed by atoms with Crippen LogP contribution in [0.1, 0.15) is 64.5 Å². The number of nitrogens with zero attached hydrogens (tertiary/aromatic N) is 1. The largest absolute Gasteiger partial charge is 0.361 e. The summed E-state index contributed by atoms with van der Waals surface area (Å²) >= 11 is 0. The third-order valence-corrected chi connectivity index (χ3v) is 3.71. The molecule has 3 heteroatoms. The molecule has 1 aliphatic heterocycles. The van der Waals surface area contributed by atoms with E-state index in [0.29, 0.717) is 6.54 Å². The van der Waals surface area contributed by atoms with Gasteiger partial charge in [0.15, 0.2) is 0 Å². The molecule has 2 rings (SSSR count). The molecule has 1 atom stereocenters. The quantitative estimate of drug-likeness (QED) is 0.579. The predicted molar refractivity (Wildman–Crippen MR) is 94.3 cm³/mol. The van der Waals surface area contributed by atoms with Crippen molar-refractivity contribution in [3.8, 4) is 0 Å². The lowest BCUT2D eigenvalue weighted by Crippen LogP contribution is -2.37. The maximum atomic E-state index is 9.92. The number of aryl methyl sites for hydroxylation is 2. The molecule has 1 unspecified atom stereocenters. The fourth-order valence-electron chi connectivity index (χ4n) is 2.46. The Balaban J connectivity index is 0.00000141. The summed E-state index contributed by atoms with van der Waals surface area (Å²) in [6, 6.07) is 8.69. The second-order valence-corrected chi connectivity index (χ2v) is 5.43. The van der Waals surface area contributed by atoms with Crippen molar-refractivity contribution in [2.24, 2.45) is 0 Å². The normalized spacial score (nSPS) is 17.4. The molecule has 0 aromatic heterocycles. The first kappa shape index (κ1) is 21.1. The molecule has 0 bridgehead atoms. The van der Waals surface area contributed by atoms with Crippen molar-refractivity contribution in [2.75, 3.05) is 13.2 Å². The number of hydrogen-bond acceptors (Lipinski definition) is 3. The summed E-state index contributed by atoms with van der Waals surface area (Å²) in [6.07, 6.45) is 6.35. The summed E-state index contributed by atoms with van der Waals surface area (Å²) < 4.78 is 5.54. The Morgan fingerprint density at radius 2 is 1.82 bits per heavy atom. The van der Waals surface area contributed by atoms with Gasteiger partial charge in [0, 0.05) is 13.2 Å². The molecule has 0 radical (unpaired) electrons. The van der Waals surface area contributed by atoms with E-state index in [4.69, 9.17) is 4.74 Å². The Kier molecular flexibility index (Phi) is 12.1. The molecule has 0 aliphatic carbocycles. The van der Waals surface area contributed by atoms with Gasteiger partial charge < -0.3 is 9.94 Å². The average Bonchev–Trinajstić information content (AvgIpc) is 2.56. The maximum absolute atomic E-state index is 9.92. The molecular weight excluding hydrogens is 274 g/mol. The van der Waals surface area contributed by atoms with Crippen LogP contribution in [0, 0.1) is 6.92 Å². The average molecular weight is 309 g/mol. The highest BCUT2D eigenvalue weighted by molar-refractivity contribution is 5.21. The highest BCUT2D eigenvalue weighted by atomic mass is 16.6. The van der Waals surface area contributed by atoms with Gasteiger partial charge >= 0.3 is 0 Å². The maximum Gasteiger partial charge on any atom is 0.132 e. The SMILES string of the molecule is C.CC.Cc1ccc(CCCCN(O)C2CCCCO2)cc1. The number of rotatable bonds is 6. The molecule has 1 saturated heterocycles. The van der Waals surface area contributed by atoms with Gasteiger partial charge in [-0.05, 0) is 51.0 Å². The van der Waals surface area contributed by atoms with Crippen molar-refractivity contribution in [1.29, 1.82) is 0 Å². The molecule has 1 aromatic rings. The molecule has 3 nitrogen and oxygen atoms in total. The monoisotopic (exact) mass is 309 g/mol. The molecule has 1 N–H and O–H groups in total. The van der Waals surface area contributed by atoms with Gasteiger partial charge in [0.25, 0.3) is 0 Å². The minimum atomic E-state index is -0.0758. The summed E-state index contributed by atoms with van der Waals surface area (Å²) in [4.78, 5) is 0. The molecule has 22 heavy (non-hydrogen) atoms. The lowest BCUT2D eigenvalue weighted by atomic mass is 10.1. The van der Waals surface area contributed by atoms with Crippen molar-refractivity contribution in [2.45, 2.75) is 73.0 Å². The van der Waals surface area contributed by atoms with E-state index in [2.05, 4.69) is 31.2 Å². The van der Waals surface area contributed by atoms with E-state index in [-0.39, 0.29) is 13.7 Å². The van der Waals surface area contributed by atoms with E-state index in [9.17, 15) is 5.21 Å². The summed E-state index contributed by atoms with van der Waals surface area (Å²) in [5, 5.41) is 11.3. The van der Waals surface area contributed by atoms with Gasteiger partial charge in [-0.2, -0.15) is 5.06 Å². The van der Waals surface area contributed by atoms with Crippen LogP contribution < -0.4 is 0 Å². The summed E-state index contributed by atoms with van der Waals surface area (Å²) in [5.41, 5.74) is 2.68. The molecule has 1 heterocycles. The molecule has 128 valence electrons. The summed E-state index contributed by atoms with van der Waals surface area (Å²) in [6.45, 7) is 7.60. The van der Waals surface area contributed by atoms with E-state index in [1.165, 1.54) is 16.2 Å². The van der Waals surface area contributed by atoms with Crippen molar-refractivity contribution in [3.05, 3.63) is 35.4 Å². The van der Waals surface area contributed by atoms with E-state index >= 15 is 0 Å². The van der Waals surface area contributed by atoms with Crippen LogP contribution in [-0.4, -0.2) is 29.7 Å². The van der Waals surface area contributed by atoms with Gasteiger partial charge in [0.1, 0.15) is 6.23 Å². The number of unbranched alkanes of at least 4 members (excludes halogenated alkanes) is 1. The fraction of sp³-hybridized carbons (Fsp3) is 0.684. The first-order chi connectivity index (χ1) is 10.3. The Morgan fingerprint density at radius 3 is 2.41 bits per heavy atom. The zero-order chi connectivity index (χ0) is 15.5. The van der Waals surface area contributed by atoms with Gasteiger partial charge in [-0.3, -0.25) is 0 Å². The van der Waals surface area contributed by atoms with Gasteiger partial charge in [-0.1, -0.05) is 51.1 Å². The Labute approximate surface area is 137 Å². The number of hydroxylamine groups is 2. The number of hydrogen-bond donors (Lipinski definition) is 1. The van der Waals surface area contributed by atoms with Crippen molar-refractivity contribution >= 4 is 0 Å². The third-order valence-electron chi connectivity index (χ3n) is 3.71. The van der Waals surface area contributed by atoms with Crippen LogP contribution in [0.4, 0.5) is 0 Å². The molecule has 1 aromatic carbocycles. The predicted octanol–water partition coefficient (Wildman–Crippen LogP) is 5.20. The lowest BCUT2D eigenvalue weighted by molar-refractivity contribution is -0.227. The Morgan fingerprint density at radius 1 is 1.14 bits per heavy atom. The smallest absolute Gasteiger partial charge is 0.132 e. The second-order valence-electron chi connectivity index (χ2n) is 5.43. The van der Waals surface area contributed by atoms with Crippen LogP contribution in [0.5, 0.6) is 0 Å². The molecular formula is C19H35NO2. The minimum Gasteiger partial charge on any atom is -0.361 e. The van der Waals surface area contributed by atoms with Gasteiger partial charge in [0.2, 0.25) is 0 Å². The zero-order valence-electron chi connectivity index (χ0n) is 13.8. The molecule has 0 saturated carbocycles. The standard InChI is InChI=1S/C16H25NO2.C2H6.CH4/c1-14-8-10-15(11-9-14)6-2-4-12-17(18)16-7-3-5-13-19-16;1-2;/h8-11,16,18H,2-7,12-13H2,1H3;1-2H3;1H4. The van der Waals surface area contributed by atoms with Crippen LogP contribution >= 0.6 is 0 Å². The van der Waals surface area contributed by atoms with Crippen molar-refractivity contribution in [3.63, 3.8) is 0 Å². The number of benzene rings is 1.